The second kappa shape index (κ2) is 5.92. The summed E-state index contributed by atoms with van der Waals surface area (Å²) in [4.78, 5) is 13.9. The molecule has 0 saturated heterocycles. The molecule has 0 aromatic carbocycles. The maximum Gasteiger partial charge on any atom is 0.345 e. The number of hydrogen-bond acceptors (Lipinski definition) is 6. The van der Waals surface area contributed by atoms with Gasteiger partial charge in [0.25, 0.3) is 0 Å². The topological polar surface area (TPSA) is 68.1 Å². The van der Waals surface area contributed by atoms with Crippen molar-refractivity contribution < 1.29 is 4.92 Å². The Morgan fingerprint density at radius 3 is 3.07 bits per heavy atom. The van der Waals surface area contributed by atoms with E-state index < -0.39 is 4.92 Å². The van der Waals surface area contributed by atoms with Crippen molar-refractivity contribution in [2.24, 2.45) is 5.92 Å². The van der Waals surface area contributed by atoms with Crippen molar-refractivity contribution >= 4 is 33.2 Å². The zero-order chi connectivity index (χ0) is 11.3. The van der Waals surface area contributed by atoms with Gasteiger partial charge in [0.1, 0.15) is 6.20 Å². The van der Waals surface area contributed by atoms with Crippen LogP contribution < -0.4 is 5.32 Å². The molecule has 0 aliphatic carbocycles. The molecule has 1 rings (SSSR count). The van der Waals surface area contributed by atoms with Crippen molar-refractivity contribution in [1.29, 1.82) is 0 Å². The fourth-order valence-electron chi connectivity index (χ4n) is 1.04. The molecule has 1 aromatic heterocycles. The normalized spacial score (nSPS) is 12.4. The van der Waals surface area contributed by atoms with E-state index in [4.69, 9.17) is 0 Å². The zero-order valence-corrected chi connectivity index (χ0v) is 10.2. The van der Waals surface area contributed by atoms with Crippen molar-refractivity contribution in [1.82, 2.24) is 4.98 Å². The van der Waals surface area contributed by atoms with Crippen LogP contribution in [0.25, 0.3) is 0 Å². The minimum atomic E-state index is -0.422. The summed E-state index contributed by atoms with van der Waals surface area (Å²) in [6.45, 7) is 2.93. The number of nitro groups is 1. The number of nitrogens with zero attached hydrogens (tertiary/aromatic N) is 2. The highest BCUT2D eigenvalue weighted by Crippen LogP contribution is 2.25. The minimum absolute atomic E-state index is 0.0787. The van der Waals surface area contributed by atoms with Crippen LogP contribution in [0.2, 0.25) is 0 Å². The molecule has 7 heteroatoms. The second-order valence-corrected chi connectivity index (χ2v) is 5.12. The molecule has 0 aliphatic rings. The van der Waals surface area contributed by atoms with Crippen molar-refractivity contribution in [3.05, 3.63) is 16.3 Å². The van der Waals surface area contributed by atoms with Crippen molar-refractivity contribution in [2.45, 2.75) is 6.92 Å². The molecular weight excluding hydrogens is 234 g/mol. The third-order valence-corrected chi connectivity index (χ3v) is 3.54. The second-order valence-electron chi connectivity index (χ2n) is 3.20. The quantitative estimate of drug-likeness (QED) is 0.617. The van der Waals surface area contributed by atoms with Crippen LogP contribution >= 0.6 is 23.1 Å². The van der Waals surface area contributed by atoms with Gasteiger partial charge in [0, 0.05) is 6.54 Å². The maximum atomic E-state index is 10.4. The van der Waals surface area contributed by atoms with Gasteiger partial charge in [-0.05, 0) is 29.3 Å². The molecule has 0 radical (unpaired) electrons. The van der Waals surface area contributed by atoms with Gasteiger partial charge in [-0.3, -0.25) is 10.1 Å². The Morgan fingerprint density at radius 1 is 1.80 bits per heavy atom. The van der Waals surface area contributed by atoms with E-state index in [1.165, 1.54) is 6.20 Å². The molecule has 0 amide bonds. The third kappa shape index (κ3) is 4.05. The first-order valence-corrected chi connectivity index (χ1v) is 6.67. The Balaban J connectivity index is 2.40. The van der Waals surface area contributed by atoms with Crippen LogP contribution in [0.1, 0.15) is 6.92 Å². The lowest BCUT2D eigenvalue weighted by Gasteiger charge is -2.09. The van der Waals surface area contributed by atoms with Gasteiger partial charge >= 0.3 is 5.00 Å². The summed E-state index contributed by atoms with van der Waals surface area (Å²) in [5.74, 6) is 1.60. The molecular formula is C8H13N3O2S2. The van der Waals surface area contributed by atoms with Gasteiger partial charge in [0.2, 0.25) is 0 Å². The van der Waals surface area contributed by atoms with E-state index in [1.807, 2.05) is 0 Å². The summed E-state index contributed by atoms with van der Waals surface area (Å²) in [6.07, 6.45) is 3.34. The van der Waals surface area contributed by atoms with Gasteiger partial charge in [0.05, 0.1) is 4.92 Å². The molecule has 0 saturated carbocycles. The first kappa shape index (κ1) is 12.3. The first-order chi connectivity index (χ1) is 7.13. The number of rotatable bonds is 6. The number of hydrogen-bond donors (Lipinski definition) is 1. The van der Waals surface area contributed by atoms with Crippen LogP contribution in [-0.4, -0.2) is 28.5 Å². The molecule has 1 heterocycles. The monoisotopic (exact) mass is 247 g/mol. The highest BCUT2D eigenvalue weighted by molar-refractivity contribution is 7.98. The number of aromatic nitrogens is 1. The Kier molecular flexibility index (Phi) is 4.83. The average molecular weight is 247 g/mol. The zero-order valence-electron chi connectivity index (χ0n) is 8.60. The van der Waals surface area contributed by atoms with Crippen LogP contribution in [0, 0.1) is 16.0 Å². The third-order valence-electron chi connectivity index (χ3n) is 1.73. The molecule has 84 valence electrons. The maximum absolute atomic E-state index is 10.4. The van der Waals surface area contributed by atoms with Crippen molar-refractivity contribution in [2.75, 3.05) is 23.9 Å². The summed E-state index contributed by atoms with van der Waals surface area (Å²) in [5, 5.41) is 14.2. The van der Waals surface area contributed by atoms with E-state index in [2.05, 4.69) is 23.5 Å². The van der Waals surface area contributed by atoms with Crippen LogP contribution in [0.15, 0.2) is 6.20 Å². The summed E-state index contributed by atoms with van der Waals surface area (Å²) in [5.41, 5.74) is 0. The smallest absolute Gasteiger partial charge is 0.345 e. The molecule has 5 nitrogen and oxygen atoms in total. The van der Waals surface area contributed by atoms with E-state index in [-0.39, 0.29) is 5.00 Å². The minimum Gasteiger partial charge on any atom is -0.361 e. The predicted molar refractivity (Wildman–Crippen MR) is 64.8 cm³/mol. The van der Waals surface area contributed by atoms with E-state index in [1.54, 1.807) is 11.8 Å². The summed E-state index contributed by atoms with van der Waals surface area (Å²) in [6, 6.07) is 0. The Morgan fingerprint density at radius 2 is 2.53 bits per heavy atom. The van der Waals surface area contributed by atoms with E-state index in [9.17, 15) is 10.1 Å². The number of nitrogens with one attached hydrogen (secondary N) is 1. The fourth-order valence-corrected chi connectivity index (χ4v) is 2.36. The molecule has 1 aromatic rings. The predicted octanol–water partition coefficient (Wildman–Crippen LogP) is 2.46. The van der Waals surface area contributed by atoms with Gasteiger partial charge in [0.15, 0.2) is 5.13 Å². The highest BCUT2D eigenvalue weighted by Gasteiger charge is 2.11. The van der Waals surface area contributed by atoms with Crippen LogP contribution in [-0.2, 0) is 0 Å². The molecule has 0 aliphatic heterocycles. The molecule has 1 N–H and O–H groups in total. The average Bonchev–Trinajstić information content (AvgIpc) is 2.63. The largest absolute Gasteiger partial charge is 0.361 e. The van der Waals surface area contributed by atoms with Gasteiger partial charge in [-0.25, -0.2) is 4.98 Å². The Labute approximate surface area is 96.4 Å². The van der Waals surface area contributed by atoms with Gasteiger partial charge in [-0.15, -0.1) is 0 Å². The first-order valence-electron chi connectivity index (χ1n) is 4.46. The number of thioether (sulfide) groups is 1. The molecule has 1 atom stereocenters. The molecule has 1 unspecified atom stereocenters. The lowest BCUT2D eigenvalue weighted by atomic mass is 10.2. The van der Waals surface area contributed by atoms with E-state index >= 15 is 0 Å². The molecule has 15 heavy (non-hydrogen) atoms. The molecule has 0 fully saturated rings. The number of thiazole rings is 1. The van der Waals surface area contributed by atoms with Crippen LogP contribution in [0.5, 0.6) is 0 Å². The lowest BCUT2D eigenvalue weighted by Crippen LogP contribution is -2.12. The van der Waals surface area contributed by atoms with E-state index in [0.717, 1.165) is 23.6 Å². The van der Waals surface area contributed by atoms with Crippen molar-refractivity contribution in [3.63, 3.8) is 0 Å². The van der Waals surface area contributed by atoms with Gasteiger partial charge in [-0.2, -0.15) is 11.8 Å². The van der Waals surface area contributed by atoms with E-state index in [0.29, 0.717) is 11.0 Å². The van der Waals surface area contributed by atoms with Gasteiger partial charge < -0.3 is 5.32 Å². The summed E-state index contributed by atoms with van der Waals surface area (Å²) < 4.78 is 0. The summed E-state index contributed by atoms with van der Waals surface area (Å²) in [7, 11) is 0. The molecule has 0 spiro atoms. The van der Waals surface area contributed by atoms with Crippen molar-refractivity contribution in [3.8, 4) is 0 Å². The summed E-state index contributed by atoms with van der Waals surface area (Å²) >= 11 is 2.86. The standard InChI is InChI=1S/C8H13N3O2S2/c1-6(5-14-2)3-9-8-10-4-7(15-8)11(12)13/h4,6H,3,5H2,1-2H3,(H,9,10). The van der Waals surface area contributed by atoms with Gasteiger partial charge in [-0.1, -0.05) is 6.92 Å². The fraction of sp³-hybridized carbons (Fsp3) is 0.625. The Hall–Kier alpha value is -0.820. The number of anilines is 1. The molecule has 0 bridgehead atoms. The SMILES string of the molecule is CSCC(C)CNc1ncc([N+](=O)[O-])s1. The van der Waals surface area contributed by atoms with Crippen LogP contribution in [0.4, 0.5) is 10.1 Å². The Bertz CT molecular complexity index is 329. The lowest BCUT2D eigenvalue weighted by molar-refractivity contribution is -0.380. The highest BCUT2D eigenvalue weighted by atomic mass is 32.2. The van der Waals surface area contributed by atoms with Crippen LogP contribution in [0.3, 0.4) is 0 Å².